The Morgan fingerprint density at radius 1 is 1.24 bits per heavy atom. The normalized spacial score (nSPS) is 10.0. The Balaban J connectivity index is 2.05. The summed E-state index contributed by atoms with van der Waals surface area (Å²) < 4.78 is 4.65. The first-order valence-electron chi connectivity index (χ1n) is 6.65. The van der Waals surface area contributed by atoms with Gasteiger partial charge in [0, 0.05) is 20.3 Å². The predicted octanol–water partition coefficient (Wildman–Crippen LogP) is 2.55. The quantitative estimate of drug-likeness (QED) is 0.856. The number of anilines is 2. The topological polar surface area (TPSA) is 54.5 Å². The minimum Gasteiger partial charge on any atom is -0.465 e. The summed E-state index contributed by atoms with van der Waals surface area (Å²) in [5.41, 5.74) is 3.47. The number of nitrogens with one attached hydrogen (secondary N) is 1. The maximum Gasteiger partial charge on any atom is 0.339 e. The fraction of sp³-hybridized carbons (Fsp3) is 0.250. The van der Waals surface area contributed by atoms with Gasteiger partial charge in [-0.25, -0.2) is 4.79 Å². The molecule has 2 rings (SSSR count). The molecule has 0 unspecified atom stereocenters. The van der Waals surface area contributed by atoms with E-state index in [9.17, 15) is 4.79 Å². The van der Waals surface area contributed by atoms with Crippen LogP contribution in [0.2, 0.25) is 0 Å². The lowest BCUT2D eigenvalue weighted by molar-refractivity contribution is 0.0600. The number of methoxy groups -OCH3 is 1. The molecule has 0 amide bonds. The molecule has 1 aromatic carbocycles. The molecule has 1 N–H and O–H groups in total. The zero-order valence-electron chi connectivity index (χ0n) is 12.5. The second-order valence-electron chi connectivity index (χ2n) is 4.79. The Bertz CT molecular complexity index is 609. The number of ether oxygens (including phenoxy) is 1. The highest BCUT2D eigenvalue weighted by molar-refractivity contribution is 5.88. The zero-order valence-corrected chi connectivity index (χ0v) is 12.5. The molecule has 0 fully saturated rings. The summed E-state index contributed by atoms with van der Waals surface area (Å²) in [5, 5.41) is 3.35. The predicted molar refractivity (Wildman–Crippen MR) is 83.7 cm³/mol. The third kappa shape index (κ3) is 3.72. The zero-order chi connectivity index (χ0) is 15.2. The van der Waals surface area contributed by atoms with Gasteiger partial charge in [0.1, 0.15) is 0 Å². The minimum atomic E-state index is -0.375. The van der Waals surface area contributed by atoms with Gasteiger partial charge in [0.05, 0.1) is 36.3 Å². The Labute approximate surface area is 124 Å². The van der Waals surface area contributed by atoms with E-state index < -0.39 is 0 Å². The largest absolute Gasteiger partial charge is 0.465 e. The van der Waals surface area contributed by atoms with Crippen LogP contribution >= 0.6 is 0 Å². The second kappa shape index (κ2) is 6.74. The average molecular weight is 285 g/mol. The molecule has 1 heterocycles. The van der Waals surface area contributed by atoms with Crippen molar-refractivity contribution in [1.82, 2.24) is 4.98 Å². The van der Waals surface area contributed by atoms with Crippen molar-refractivity contribution in [2.24, 2.45) is 0 Å². The van der Waals surface area contributed by atoms with E-state index in [1.54, 1.807) is 6.07 Å². The van der Waals surface area contributed by atoms with Crippen LogP contribution in [-0.2, 0) is 11.3 Å². The van der Waals surface area contributed by atoms with Crippen LogP contribution in [0.1, 0.15) is 16.1 Å². The highest BCUT2D eigenvalue weighted by atomic mass is 16.5. The van der Waals surface area contributed by atoms with Gasteiger partial charge in [-0.15, -0.1) is 0 Å². The molecular weight excluding hydrogens is 266 g/mol. The van der Waals surface area contributed by atoms with Crippen molar-refractivity contribution >= 4 is 17.3 Å². The molecule has 0 aliphatic rings. The molecule has 0 atom stereocenters. The van der Waals surface area contributed by atoms with Crippen molar-refractivity contribution in [1.29, 1.82) is 0 Å². The molecule has 0 aliphatic carbocycles. The molecule has 1 aromatic heterocycles. The molecule has 2 aromatic rings. The van der Waals surface area contributed by atoms with Crippen molar-refractivity contribution in [3.8, 4) is 0 Å². The summed E-state index contributed by atoms with van der Waals surface area (Å²) in [7, 11) is 5.36. The molecule has 0 aliphatic heterocycles. The first-order chi connectivity index (χ1) is 10.1. The lowest BCUT2D eigenvalue weighted by atomic mass is 10.2. The van der Waals surface area contributed by atoms with Crippen LogP contribution in [0, 0.1) is 0 Å². The fourth-order valence-corrected chi connectivity index (χ4v) is 1.97. The van der Waals surface area contributed by atoms with Crippen molar-refractivity contribution < 1.29 is 9.53 Å². The van der Waals surface area contributed by atoms with E-state index in [0.29, 0.717) is 12.1 Å². The standard InChI is InChI=1S/C16H19N3O2/c1-19(2)15-7-5-4-6-14(15)18-11-13-9-8-12(10-17-13)16(20)21-3/h4-10,18H,11H2,1-3H3. The molecule has 0 saturated carbocycles. The maximum absolute atomic E-state index is 11.3. The number of rotatable bonds is 5. The summed E-state index contributed by atoms with van der Waals surface area (Å²) in [6.07, 6.45) is 1.53. The van der Waals surface area contributed by atoms with Crippen LogP contribution in [-0.4, -0.2) is 32.2 Å². The van der Waals surface area contributed by atoms with E-state index in [4.69, 9.17) is 0 Å². The molecule has 5 heteroatoms. The van der Waals surface area contributed by atoms with E-state index in [-0.39, 0.29) is 5.97 Å². The molecule has 5 nitrogen and oxygen atoms in total. The van der Waals surface area contributed by atoms with E-state index in [2.05, 4.69) is 26.0 Å². The number of hydrogen-bond donors (Lipinski definition) is 1. The average Bonchev–Trinajstić information content (AvgIpc) is 2.52. The summed E-state index contributed by atoms with van der Waals surface area (Å²) in [6, 6.07) is 11.6. The number of carbonyl (C=O) groups is 1. The molecule has 21 heavy (non-hydrogen) atoms. The monoisotopic (exact) mass is 285 g/mol. The summed E-state index contributed by atoms with van der Waals surface area (Å²) in [4.78, 5) is 17.7. The van der Waals surface area contributed by atoms with Crippen molar-refractivity contribution in [3.63, 3.8) is 0 Å². The van der Waals surface area contributed by atoms with Crippen molar-refractivity contribution in [2.75, 3.05) is 31.4 Å². The lowest BCUT2D eigenvalue weighted by Crippen LogP contribution is -2.12. The van der Waals surface area contributed by atoms with Crippen LogP contribution in [0.5, 0.6) is 0 Å². The van der Waals surface area contributed by atoms with Crippen molar-refractivity contribution in [3.05, 3.63) is 53.9 Å². The fourth-order valence-electron chi connectivity index (χ4n) is 1.97. The molecule has 0 saturated heterocycles. The molecule has 0 radical (unpaired) electrons. The number of benzene rings is 1. The SMILES string of the molecule is COC(=O)c1ccc(CNc2ccccc2N(C)C)nc1. The minimum absolute atomic E-state index is 0.375. The third-order valence-electron chi connectivity index (χ3n) is 3.09. The van der Waals surface area contributed by atoms with Gasteiger partial charge in [-0.3, -0.25) is 4.98 Å². The number of nitrogens with zero attached hydrogens (tertiary/aromatic N) is 2. The first-order valence-corrected chi connectivity index (χ1v) is 6.65. The van der Waals surface area contributed by atoms with Crippen LogP contribution < -0.4 is 10.2 Å². The van der Waals surface area contributed by atoms with E-state index in [0.717, 1.165) is 17.1 Å². The number of aromatic nitrogens is 1. The summed E-state index contributed by atoms with van der Waals surface area (Å²) >= 11 is 0. The van der Waals surface area contributed by atoms with Gasteiger partial charge in [0.25, 0.3) is 0 Å². The highest BCUT2D eigenvalue weighted by Gasteiger charge is 2.06. The van der Waals surface area contributed by atoms with E-state index >= 15 is 0 Å². The Morgan fingerprint density at radius 3 is 2.62 bits per heavy atom. The Morgan fingerprint density at radius 2 is 2.00 bits per heavy atom. The Hall–Kier alpha value is -2.56. The number of para-hydroxylation sites is 2. The number of esters is 1. The van der Waals surface area contributed by atoms with Crippen molar-refractivity contribution in [2.45, 2.75) is 6.54 Å². The summed E-state index contributed by atoms with van der Waals surface area (Å²) in [6.45, 7) is 0.590. The van der Waals surface area contributed by atoms with Crippen LogP contribution in [0.15, 0.2) is 42.6 Å². The summed E-state index contributed by atoms with van der Waals surface area (Å²) in [5.74, 6) is -0.375. The lowest BCUT2D eigenvalue weighted by Gasteiger charge is -2.18. The van der Waals surface area contributed by atoms with Crippen LogP contribution in [0.4, 0.5) is 11.4 Å². The van der Waals surface area contributed by atoms with E-state index in [1.165, 1.54) is 13.3 Å². The van der Waals surface area contributed by atoms with Gasteiger partial charge >= 0.3 is 5.97 Å². The van der Waals surface area contributed by atoms with Gasteiger partial charge in [0.2, 0.25) is 0 Å². The first kappa shape index (κ1) is 14.8. The molecule has 0 bridgehead atoms. The highest BCUT2D eigenvalue weighted by Crippen LogP contribution is 2.23. The van der Waals surface area contributed by atoms with Gasteiger partial charge in [-0.05, 0) is 24.3 Å². The molecule has 0 spiro atoms. The second-order valence-corrected chi connectivity index (χ2v) is 4.79. The molecule has 110 valence electrons. The van der Waals surface area contributed by atoms with E-state index in [1.807, 2.05) is 38.4 Å². The smallest absolute Gasteiger partial charge is 0.339 e. The van der Waals surface area contributed by atoms with Crippen LogP contribution in [0.25, 0.3) is 0 Å². The van der Waals surface area contributed by atoms with Gasteiger partial charge in [0.15, 0.2) is 0 Å². The molecular formula is C16H19N3O2. The van der Waals surface area contributed by atoms with Gasteiger partial charge in [-0.1, -0.05) is 12.1 Å². The van der Waals surface area contributed by atoms with Crippen LogP contribution in [0.3, 0.4) is 0 Å². The number of carbonyl (C=O) groups excluding carboxylic acids is 1. The third-order valence-corrected chi connectivity index (χ3v) is 3.09. The van der Waals surface area contributed by atoms with Gasteiger partial charge < -0.3 is 15.0 Å². The Kier molecular flexibility index (Phi) is 4.77. The van der Waals surface area contributed by atoms with Gasteiger partial charge in [-0.2, -0.15) is 0 Å². The number of pyridine rings is 1. The number of hydrogen-bond acceptors (Lipinski definition) is 5. The maximum atomic E-state index is 11.3.